The summed E-state index contributed by atoms with van der Waals surface area (Å²) in [6.45, 7) is 12.1. The predicted molar refractivity (Wildman–Crippen MR) is 57.9 cm³/mol. The first kappa shape index (κ1) is 12.9. The molecule has 2 heteroatoms. The average Bonchev–Trinajstić information content (AvgIpc) is 2.02. The zero-order chi connectivity index (χ0) is 10.5. The lowest BCUT2D eigenvalue weighted by Crippen LogP contribution is -2.46. The van der Waals surface area contributed by atoms with Crippen molar-refractivity contribution in [2.45, 2.75) is 53.0 Å². The van der Waals surface area contributed by atoms with Gasteiger partial charge in [-0.25, -0.2) is 0 Å². The number of hydrogen-bond donors (Lipinski definition) is 2. The zero-order valence-corrected chi connectivity index (χ0v) is 9.78. The number of aliphatic hydroxyl groups excluding tert-OH is 1. The Bertz CT molecular complexity index is 134. The van der Waals surface area contributed by atoms with Crippen molar-refractivity contribution < 1.29 is 5.11 Å². The molecule has 0 fully saturated rings. The Morgan fingerprint density at radius 3 is 2.00 bits per heavy atom. The third-order valence-electron chi connectivity index (χ3n) is 2.56. The van der Waals surface area contributed by atoms with Crippen molar-refractivity contribution in [1.29, 1.82) is 0 Å². The molecular weight excluding hydrogens is 162 g/mol. The lowest BCUT2D eigenvalue weighted by atomic mass is 9.91. The smallest absolute Gasteiger partial charge is 0.0610 e. The van der Waals surface area contributed by atoms with Gasteiger partial charge in [0, 0.05) is 5.54 Å². The maximum absolute atomic E-state index is 9.15. The third-order valence-corrected chi connectivity index (χ3v) is 2.56. The molecule has 13 heavy (non-hydrogen) atoms. The van der Waals surface area contributed by atoms with Crippen LogP contribution in [0.25, 0.3) is 0 Å². The second kappa shape index (κ2) is 4.97. The molecule has 80 valence electrons. The summed E-state index contributed by atoms with van der Waals surface area (Å²) in [5.41, 5.74) is 0.280. The van der Waals surface area contributed by atoms with Gasteiger partial charge in [0.2, 0.25) is 0 Å². The van der Waals surface area contributed by atoms with E-state index in [9.17, 15) is 0 Å². The highest BCUT2D eigenvalue weighted by Gasteiger charge is 2.20. The molecule has 2 N–H and O–H groups in total. The van der Waals surface area contributed by atoms with E-state index in [1.54, 1.807) is 0 Å². The van der Waals surface area contributed by atoms with Crippen molar-refractivity contribution in [3.05, 3.63) is 0 Å². The lowest BCUT2D eigenvalue weighted by molar-refractivity contribution is 0.165. The van der Waals surface area contributed by atoms with Gasteiger partial charge in [-0.3, -0.25) is 0 Å². The van der Waals surface area contributed by atoms with E-state index in [0.717, 1.165) is 19.4 Å². The monoisotopic (exact) mass is 187 g/mol. The minimum absolute atomic E-state index is 0.0920. The summed E-state index contributed by atoms with van der Waals surface area (Å²) < 4.78 is 0. The molecule has 0 aliphatic carbocycles. The average molecular weight is 187 g/mol. The quantitative estimate of drug-likeness (QED) is 0.691. The Kier molecular flexibility index (Phi) is 4.93. The Morgan fingerprint density at radius 1 is 1.15 bits per heavy atom. The number of hydrogen-bond acceptors (Lipinski definition) is 2. The second-order valence-corrected chi connectivity index (χ2v) is 5.31. The van der Waals surface area contributed by atoms with Crippen molar-refractivity contribution in [3.8, 4) is 0 Å². The van der Waals surface area contributed by atoms with Crippen LogP contribution in [0, 0.1) is 5.41 Å². The summed E-state index contributed by atoms with van der Waals surface area (Å²) in [6.07, 6.45) is 2.11. The molecular formula is C11H25NO. The lowest BCUT2D eigenvalue weighted by Gasteiger charge is -2.29. The van der Waals surface area contributed by atoms with Crippen molar-refractivity contribution in [2.75, 3.05) is 13.2 Å². The van der Waals surface area contributed by atoms with E-state index in [1.165, 1.54) is 0 Å². The largest absolute Gasteiger partial charge is 0.394 e. The van der Waals surface area contributed by atoms with Crippen LogP contribution in [0.3, 0.4) is 0 Å². The molecule has 0 bridgehead atoms. The summed E-state index contributed by atoms with van der Waals surface area (Å²) in [5, 5.41) is 12.6. The fourth-order valence-electron chi connectivity index (χ4n) is 1.03. The van der Waals surface area contributed by atoms with Gasteiger partial charge in [0.1, 0.15) is 0 Å². The van der Waals surface area contributed by atoms with Gasteiger partial charge < -0.3 is 10.4 Å². The molecule has 0 saturated heterocycles. The van der Waals surface area contributed by atoms with Crippen LogP contribution in [0.5, 0.6) is 0 Å². The highest BCUT2D eigenvalue weighted by Crippen LogP contribution is 2.18. The van der Waals surface area contributed by atoms with Gasteiger partial charge in [-0.15, -0.1) is 0 Å². The molecule has 0 heterocycles. The van der Waals surface area contributed by atoms with Crippen molar-refractivity contribution in [2.24, 2.45) is 5.41 Å². The molecule has 0 spiro atoms. The maximum Gasteiger partial charge on any atom is 0.0610 e. The van der Waals surface area contributed by atoms with E-state index >= 15 is 0 Å². The van der Waals surface area contributed by atoms with E-state index in [-0.39, 0.29) is 12.1 Å². The van der Waals surface area contributed by atoms with Gasteiger partial charge in [-0.1, -0.05) is 27.7 Å². The van der Waals surface area contributed by atoms with Gasteiger partial charge in [0.05, 0.1) is 6.61 Å². The molecule has 2 nitrogen and oxygen atoms in total. The molecule has 0 amide bonds. The van der Waals surface area contributed by atoms with Crippen molar-refractivity contribution in [1.82, 2.24) is 5.32 Å². The van der Waals surface area contributed by atoms with Crippen LogP contribution >= 0.6 is 0 Å². The Hall–Kier alpha value is -0.0800. The van der Waals surface area contributed by atoms with E-state index in [2.05, 4.69) is 39.9 Å². The number of aliphatic hydroxyl groups is 1. The minimum atomic E-state index is -0.0920. The van der Waals surface area contributed by atoms with Crippen LogP contribution in [-0.4, -0.2) is 23.8 Å². The molecule has 0 saturated carbocycles. The summed E-state index contributed by atoms with van der Waals surface area (Å²) in [6, 6.07) is 0. The highest BCUT2D eigenvalue weighted by molar-refractivity contribution is 4.80. The predicted octanol–water partition coefficient (Wildman–Crippen LogP) is 2.17. The van der Waals surface area contributed by atoms with Crippen LogP contribution in [0.4, 0.5) is 0 Å². The molecule has 0 radical (unpaired) electrons. The van der Waals surface area contributed by atoms with Crippen LogP contribution < -0.4 is 5.32 Å². The first-order chi connectivity index (χ1) is 5.83. The van der Waals surface area contributed by atoms with Crippen LogP contribution in [0.2, 0.25) is 0 Å². The molecule has 0 aromatic carbocycles. The topological polar surface area (TPSA) is 32.3 Å². The summed E-state index contributed by atoms with van der Waals surface area (Å²) in [5.74, 6) is 0. The van der Waals surface area contributed by atoms with E-state index in [4.69, 9.17) is 5.11 Å². The molecule has 0 rings (SSSR count). The summed E-state index contributed by atoms with van der Waals surface area (Å²) in [7, 11) is 0. The van der Waals surface area contributed by atoms with Crippen LogP contribution in [0.15, 0.2) is 0 Å². The molecule has 0 aromatic rings. The normalized spacial score (nSPS) is 17.1. The first-order valence-corrected chi connectivity index (χ1v) is 5.19. The Balaban J connectivity index is 3.74. The zero-order valence-electron chi connectivity index (χ0n) is 9.78. The van der Waals surface area contributed by atoms with E-state index in [1.807, 2.05) is 0 Å². The van der Waals surface area contributed by atoms with E-state index < -0.39 is 0 Å². The SMILES string of the molecule is CCC(C)(CO)NCCC(C)(C)C. The van der Waals surface area contributed by atoms with Crippen molar-refractivity contribution in [3.63, 3.8) is 0 Å². The van der Waals surface area contributed by atoms with Gasteiger partial charge in [0.25, 0.3) is 0 Å². The second-order valence-electron chi connectivity index (χ2n) is 5.31. The molecule has 1 unspecified atom stereocenters. The third kappa shape index (κ3) is 6.05. The molecule has 0 aliphatic heterocycles. The Labute approximate surface area is 82.7 Å². The fourth-order valence-corrected chi connectivity index (χ4v) is 1.03. The number of rotatable bonds is 5. The molecule has 0 aromatic heterocycles. The van der Waals surface area contributed by atoms with Gasteiger partial charge in [-0.05, 0) is 31.7 Å². The molecule has 0 aliphatic rings. The van der Waals surface area contributed by atoms with E-state index in [0.29, 0.717) is 5.41 Å². The molecule has 1 atom stereocenters. The van der Waals surface area contributed by atoms with Gasteiger partial charge in [0.15, 0.2) is 0 Å². The Morgan fingerprint density at radius 2 is 1.69 bits per heavy atom. The fraction of sp³-hybridized carbons (Fsp3) is 1.00. The van der Waals surface area contributed by atoms with Crippen LogP contribution in [-0.2, 0) is 0 Å². The minimum Gasteiger partial charge on any atom is -0.394 e. The maximum atomic E-state index is 9.15. The standard InChI is InChI=1S/C11H25NO/c1-6-11(5,9-13)12-8-7-10(2,3)4/h12-13H,6-9H2,1-5H3. The van der Waals surface area contributed by atoms with Crippen molar-refractivity contribution >= 4 is 0 Å². The number of nitrogens with one attached hydrogen (secondary N) is 1. The van der Waals surface area contributed by atoms with Gasteiger partial charge >= 0.3 is 0 Å². The highest BCUT2D eigenvalue weighted by atomic mass is 16.3. The summed E-state index contributed by atoms with van der Waals surface area (Å²) >= 11 is 0. The summed E-state index contributed by atoms with van der Waals surface area (Å²) in [4.78, 5) is 0. The van der Waals surface area contributed by atoms with Gasteiger partial charge in [-0.2, -0.15) is 0 Å². The van der Waals surface area contributed by atoms with Crippen LogP contribution in [0.1, 0.15) is 47.5 Å². The first-order valence-electron chi connectivity index (χ1n) is 5.19.